The highest BCUT2D eigenvalue weighted by molar-refractivity contribution is 5.91. The van der Waals surface area contributed by atoms with E-state index < -0.39 is 0 Å². The van der Waals surface area contributed by atoms with Crippen molar-refractivity contribution in [2.45, 2.75) is 39.0 Å². The highest BCUT2D eigenvalue weighted by Crippen LogP contribution is 2.18. The molecule has 1 aromatic heterocycles. The van der Waals surface area contributed by atoms with Crippen molar-refractivity contribution in [1.82, 2.24) is 9.88 Å². The minimum atomic E-state index is -0.0462. The minimum Gasteiger partial charge on any atom is -0.353 e. The van der Waals surface area contributed by atoms with E-state index in [0.29, 0.717) is 38.3 Å². The van der Waals surface area contributed by atoms with Crippen molar-refractivity contribution < 1.29 is 9.59 Å². The molecule has 6 nitrogen and oxygen atoms in total. The predicted octanol–water partition coefficient (Wildman–Crippen LogP) is 3.66. The van der Waals surface area contributed by atoms with E-state index in [2.05, 4.69) is 29.0 Å². The monoisotopic (exact) mass is 394 g/mol. The van der Waals surface area contributed by atoms with E-state index in [1.165, 1.54) is 5.56 Å². The van der Waals surface area contributed by atoms with Crippen molar-refractivity contribution in [1.29, 1.82) is 0 Å². The van der Waals surface area contributed by atoms with Crippen LogP contribution in [0.25, 0.3) is 0 Å². The van der Waals surface area contributed by atoms with Crippen molar-refractivity contribution in [2.24, 2.45) is 0 Å². The first-order chi connectivity index (χ1) is 14.0. The van der Waals surface area contributed by atoms with Crippen LogP contribution in [0, 0.1) is 0 Å². The zero-order valence-corrected chi connectivity index (χ0v) is 17.3. The van der Waals surface area contributed by atoms with Gasteiger partial charge in [0.05, 0.1) is 0 Å². The Hall–Kier alpha value is -2.89. The van der Waals surface area contributed by atoms with Gasteiger partial charge in [0.15, 0.2) is 0 Å². The lowest BCUT2D eigenvalue weighted by atomic mass is 10.0. The third-order valence-corrected chi connectivity index (χ3v) is 5.26. The molecule has 0 bridgehead atoms. The largest absolute Gasteiger partial charge is 0.353 e. The lowest BCUT2D eigenvalue weighted by Crippen LogP contribution is -2.49. The summed E-state index contributed by atoms with van der Waals surface area (Å²) in [4.78, 5) is 33.0. The summed E-state index contributed by atoms with van der Waals surface area (Å²) in [6.07, 6.45) is 3.11. The lowest BCUT2D eigenvalue weighted by molar-refractivity contribution is -0.131. The summed E-state index contributed by atoms with van der Waals surface area (Å²) in [6, 6.07) is 13.8. The topological polar surface area (TPSA) is 65.5 Å². The van der Waals surface area contributed by atoms with Crippen molar-refractivity contribution in [3.63, 3.8) is 0 Å². The van der Waals surface area contributed by atoms with E-state index in [4.69, 9.17) is 0 Å². The summed E-state index contributed by atoms with van der Waals surface area (Å²) in [7, 11) is 0. The zero-order chi connectivity index (χ0) is 20.6. The van der Waals surface area contributed by atoms with Gasteiger partial charge in [-0.1, -0.05) is 32.0 Å². The van der Waals surface area contributed by atoms with Crippen LogP contribution in [-0.4, -0.2) is 47.9 Å². The van der Waals surface area contributed by atoms with Crippen LogP contribution in [0.5, 0.6) is 0 Å². The Morgan fingerprint density at radius 2 is 1.72 bits per heavy atom. The maximum atomic E-state index is 12.4. The van der Waals surface area contributed by atoms with Gasteiger partial charge in [-0.05, 0) is 42.2 Å². The average Bonchev–Trinajstić information content (AvgIpc) is 2.75. The normalized spacial score (nSPS) is 14.2. The van der Waals surface area contributed by atoms with Crippen LogP contribution in [0.2, 0.25) is 0 Å². The van der Waals surface area contributed by atoms with Gasteiger partial charge < -0.3 is 15.1 Å². The molecule has 0 saturated carbocycles. The first-order valence-electron chi connectivity index (χ1n) is 10.4. The Morgan fingerprint density at radius 3 is 2.34 bits per heavy atom. The molecular weight excluding hydrogens is 364 g/mol. The third kappa shape index (κ3) is 6.04. The van der Waals surface area contributed by atoms with Gasteiger partial charge in [0, 0.05) is 50.9 Å². The summed E-state index contributed by atoms with van der Waals surface area (Å²) in [5.74, 6) is 1.50. The number of piperazine rings is 1. The Balaban J connectivity index is 1.36. The number of aromatic nitrogens is 1. The molecule has 1 aliphatic heterocycles. The minimum absolute atomic E-state index is 0.0462. The quantitative estimate of drug-likeness (QED) is 0.778. The van der Waals surface area contributed by atoms with Gasteiger partial charge in [-0.25, -0.2) is 4.98 Å². The van der Waals surface area contributed by atoms with Crippen LogP contribution in [-0.2, 0) is 9.59 Å². The second kappa shape index (κ2) is 10.0. The number of carbonyl (C=O) groups is 2. The average molecular weight is 395 g/mol. The summed E-state index contributed by atoms with van der Waals surface area (Å²) in [5, 5.41) is 2.91. The van der Waals surface area contributed by atoms with Gasteiger partial charge >= 0.3 is 0 Å². The number of hydrogen-bond donors (Lipinski definition) is 1. The number of anilines is 2. The molecule has 2 heterocycles. The predicted molar refractivity (Wildman–Crippen MR) is 116 cm³/mol. The molecule has 0 radical (unpaired) electrons. The Kier molecular flexibility index (Phi) is 7.22. The van der Waals surface area contributed by atoms with Gasteiger partial charge in [0.1, 0.15) is 5.82 Å². The van der Waals surface area contributed by atoms with Crippen LogP contribution in [0.3, 0.4) is 0 Å². The first kappa shape index (κ1) is 20.8. The second-order valence-corrected chi connectivity index (χ2v) is 7.73. The molecule has 1 aliphatic rings. The summed E-state index contributed by atoms with van der Waals surface area (Å²) >= 11 is 0. The lowest BCUT2D eigenvalue weighted by Gasteiger charge is -2.35. The van der Waals surface area contributed by atoms with E-state index in [1.807, 2.05) is 47.4 Å². The Labute approximate surface area is 172 Å². The maximum Gasteiger partial charge on any atom is 0.224 e. The van der Waals surface area contributed by atoms with Crippen LogP contribution >= 0.6 is 0 Å². The van der Waals surface area contributed by atoms with Crippen LogP contribution in [0.1, 0.15) is 44.6 Å². The molecule has 1 fully saturated rings. The molecule has 154 valence electrons. The van der Waals surface area contributed by atoms with Crippen LogP contribution in [0.4, 0.5) is 11.5 Å². The van der Waals surface area contributed by atoms with Gasteiger partial charge in [-0.3, -0.25) is 9.59 Å². The number of nitrogens with zero attached hydrogens (tertiary/aromatic N) is 3. The molecule has 1 N–H and O–H groups in total. The summed E-state index contributed by atoms with van der Waals surface area (Å²) in [6.45, 7) is 7.25. The number of pyridine rings is 1. The molecular formula is C23H30N4O2. The number of amides is 2. The molecule has 3 rings (SSSR count). The molecule has 2 aromatic rings. The standard InChI is InChI=1S/C23H30N4O2/c1-18(2)19-9-11-20(12-10-19)25-22(28)7-5-8-23(29)27-16-14-26(15-17-27)21-6-3-4-13-24-21/h3-4,6,9-13,18H,5,7-8,14-17H2,1-2H3,(H,25,28). The summed E-state index contributed by atoms with van der Waals surface area (Å²) in [5.41, 5.74) is 2.05. The Morgan fingerprint density at radius 1 is 1.00 bits per heavy atom. The molecule has 0 aliphatic carbocycles. The number of hydrogen-bond acceptors (Lipinski definition) is 4. The molecule has 6 heteroatoms. The third-order valence-electron chi connectivity index (χ3n) is 5.26. The molecule has 0 spiro atoms. The fourth-order valence-corrected chi connectivity index (χ4v) is 3.46. The van der Waals surface area contributed by atoms with Crippen molar-refractivity contribution in [3.05, 3.63) is 54.2 Å². The molecule has 1 aromatic carbocycles. The smallest absolute Gasteiger partial charge is 0.224 e. The van der Waals surface area contributed by atoms with Gasteiger partial charge in [-0.2, -0.15) is 0 Å². The van der Waals surface area contributed by atoms with Crippen LogP contribution in [0.15, 0.2) is 48.7 Å². The fourth-order valence-electron chi connectivity index (χ4n) is 3.46. The van der Waals surface area contributed by atoms with Gasteiger partial charge in [0.25, 0.3) is 0 Å². The van der Waals surface area contributed by atoms with Crippen molar-refractivity contribution in [2.75, 3.05) is 36.4 Å². The van der Waals surface area contributed by atoms with Crippen molar-refractivity contribution in [3.8, 4) is 0 Å². The highest BCUT2D eigenvalue weighted by atomic mass is 16.2. The maximum absolute atomic E-state index is 12.4. The number of rotatable bonds is 7. The van der Waals surface area contributed by atoms with Gasteiger partial charge in [-0.15, -0.1) is 0 Å². The van der Waals surface area contributed by atoms with Crippen LogP contribution < -0.4 is 10.2 Å². The highest BCUT2D eigenvalue weighted by Gasteiger charge is 2.21. The molecule has 1 saturated heterocycles. The van der Waals surface area contributed by atoms with Gasteiger partial charge in [0.2, 0.25) is 11.8 Å². The second-order valence-electron chi connectivity index (χ2n) is 7.73. The number of carbonyl (C=O) groups excluding carboxylic acids is 2. The first-order valence-corrected chi connectivity index (χ1v) is 10.4. The van der Waals surface area contributed by atoms with E-state index >= 15 is 0 Å². The van der Waals surface area contributed by atoms with E-state index in [0.717, 1.165) is 24.6 Å². The van der Waals surface area contributed by atoms with E-state index in [1.54, 1.807) is 6.20 Å². The van der Waals surface area contributed by atoms with E-state index in [-0.39, 0.29) is 11.8 Å². The van der Waals surface area contributed by atoms with Crippen molar-refractivity contribution >= 4 is 23.3 Å². The molecule has 0 atom stereocenters. The SMILES string of the molecule is CC(C)c1ccc(NC(=O)CCCC(=O)N2CCN(c3ccccn3)CC2)cc1. The molecule has 29 heavy (non-hydrogen) atoms. The molecule has 2 amide bonds. The zero-order valence-electron chi connectivity index (χ0n) is 17.3. The number of nitrogens with one attached hydrogen (secondary N) is 1. The van der Waals surface area contributed by atoms with E-state index in [9.17, 15) is 9.59 Å². The number of benzene rings is 1. The summed E-state index contributed by atoms with van der Waals surface area (Å²) < 4.78 is 0. The Bertz CT molecular complexity index is 797. The molecule has 0 unspecified atom stereocenters. The fraction of sp³-hybridized carbons (Fsp3) is 0.435.